The molecule has 150 valence electrons. The van der Waals surface area contributed by atoms with Crippen molar-refractivity contribution >= 4 is 13.9 Å². The lowest BCUT2D eigenvalue weighted by molar-refractivity contribution is 0.273. The molecule has 0 saturated heterocycles. The van der Waals surface area contributed by atoms with Crippen molar-refractivity contribution < 1.29 is 4.43 Å². The summed E-state index contributed by atoms with van der Waals surface area (Å²) in [5.41, 5.74) is 3.71. The van der Waals surface area contributed by atoms with Gasteiger partial charge in [-0.15, -0.1) is 0 Å². The van der Waals surface area contributed by atoms with Crippen molar-refractivity contribution in [3.05, 3.63) is 90.5 Å². The molecule has 1 nitrogen and oxygen atoms in total. The smallest absolute Gasteiger partial charge is 0.192 e. The summed E-state index contributed by atoms with van der Waals surface area (Å²) in [6, 6.07) is 21.1. The Labute approximate surface area is 173 Å². The van der Waals surface area contributed by atoms with Crippen LogP contribution in [0.3, 0.4) is 0 Å². The molecule has 0 spiro atoms. The molecule has 0 aliphatic rings. The minimum absolute atomic E-state index is 0.201. The van der Waals surface area contributed by atoms with E-state index in [-0.39, 0.29) is 11.0 Å². The van der Waals surface area contributed by atoms with Crippen LogP contribution in [0.1, 0.15) is 38.3 Å². The molecule has 0 aliphatic carbocycles. The van der Waals surface area contributed by atoms with Gasteiger partial charge in [-0.05, 0) is 47.7 Å². The van der Waals surface area contributed by atoms with Gasteiger partial charge in [0.15, 0.2) is 8.32 Å². The van der Waals surface area contributed by atoms with Gasteiger partial charge in [0.1, 0.15) is 0 Å². The highest BCUT2D eigenvalue weighted by atomic mass is 28.4. The highest BCUT2D eigenvalue weighted by Crippen LogP contribution is 2.37. The van der Waals surface area contributed by atoms with Crippen LogP contribution in [0.4, 0.5) is 0 Å². The lowest BCUT2D eigenvalue weighted by Crippen LogP contribution is -2.41. The molecule has 0 bridgehead atoms. The first-order valence-electron chi connectivity index (χ1n) is 10.3. The fourth-order valence-electron chi connectivity index (χ4n) is 2.81. The minimum atomic E-state index is -1.79. The largest absolute Gasteiger partial charge is 0.416 e. The molecule has 1 atom stereocenters. The molecular weight excluding hydrogens is 356 g/mol. The first-order valence-corrected chi connectivity index (χ1v) is 13.2. The number of aryl methyl sites for hydroxylation is 1. The molecule has 2 aromatic carbocycles. The summed E-state index contributed by atoms with van der Waals surface area (Å²) in [5.74, 6) is 0.201. The van der Waals surface area contributed by atoms with Crippen LogP contribution in [0.2, 0.25) is 18.1 Å². The topological polar surface area (TPSA) is 9.23 Å². The summed E-state index contributed by atoms with van der Waals surface area (Å²) in [6.07, 6.45) is 6.68. The number of benzene rings is 2. The second-order valence-corrected chi connectivity index (χ2v) is 13.8. The van der Waals surface area contributed by atoms with E-state index in [1.165, 1.54) is 11.1 Å². The maximum absolute atomic E-state index is 6.54. The third-order valence-electron chi connectivity index (χ3n) is 5.83. The monoisotopic (exact) mass is 392 g/mol. The van der Waals surface area contributed by atoms with Gasteiger partial charge in [0, 0.05) is 12.5 Å². The van der Waals surface area contributed by atoms with E-state index in [1.54, 1.807) is 0 Å². The van der Waals surface area contributed by atoms with Gasteiger partial charge in [-0.25, -0.2) is 0 Å². The molecule has 0 amide bonds. The van der Waals surface area contributed by atoms with E-state index in [1.807, 2.05) is 6.07 Å². The first kappa shape index (κ1) is 22.4. The summed E-state index contributed by atoms with van der Waals surface area (Å²) in [4.78, 5) is 0. The quantitative estimate of drug-likeness (QED) is 0.316. The second-order valence-electron chi connectivity index (χ2n) is 9.02. The van der Waals surface area contributed by atoms with E-state index in [0.717, 1.165) is 18.4 Å². The third kappa shape index (κ3) is 6.61. The predicted molar refractivity (Wildman–Crippen MR) is 126 cm³/mol. The SMILES string of the molecule is C=C(c1ccccc1)[C@@H](/C=C/CCc1ccccc1)CO[Si](C)(C)C(C)(C)C. The highest BCUT2D eigenvalue weighted by Gasteiger charge is 2.37. The molecule has 0 aliphatic heterocycles. The molecule has 0 radical (unpaired) electrons. The normalized spacial score (nSPS) is 13.6. The predicted octanol–water partition coefficient (Wildman–Crippen LogP) is 7.53. The molecule has 28 heavy (non-hydrogen) atoms. The lowest BCUT2D eigenvalue weighted by Gasteiger charge is -2.37. The van der Waals surface area contributed by atoms with Crippen molar-refractivity contribution in [1.29, 1.82) is 0 Å². The Morgan fingerprint density at radius 1 is 1.00 bits per heavy atom. The molecule has 2 heteroatoms. The molecule has 0 heterocycles. The van der Waals surface area contributed by atoms with Crippen LogP contribution in [-0.4, -0.2) is 14.9 Å². The average molecular weight is 393 g/mol. The molecule has 0 unspecified atom stereocenters. The average Bonchev–Trinajstić information content (AvgIpc) is 2.67. The standard InChI is InChI=1S/C26H36OSi/c1-22(24-18-11-8-12-19-24)25(21-27-28(5,6)26(2,3)4)20-14-13-17-23-15-9-7-10-16-23/h7-12,14-16,18-20,25H,1,13,17,21H2,2-6H3/b20-14+/t25-/m0/s1. The molecule has 0 aromatic heterocycles. The van der Waals surface area contributed by atoms with E-state index in [9.17, 15) is 0 Å². The van der Waals surface area contributed by atoms with Crippen LogP contribution in [0, 0.1) is 5.92 Å². The van der Waals surface area contributed by atoms with Gasteiger partial charge >= 0.3 is 0 Å². The van der Waals surface area contributed by atoms with Gasteiger partial charge in [0.2, 0.25) is 0 Å². The van der Waals surface area contributed by atoms with Gasteiger partial charge < -0.3 is 4.43 Å². The molecule has 0 N–H and O–H groups in total. The Kier molecular flexibility index (Phi) is 8.03. The van der Waals surface area contributed by atoms with Crippen molar-refractivity contribution in [2.24, 2.45) is 5.92 Å². The number of allylic oxidation sites excluding steroid dienone is 1. The van der Waals surface area contributed by atoms with Crippen LogP contribution >= 0.6 is 0 Å². The van der Waals surface area contributed by atoms with Crippen LogP contribution in [0.25, 0.3) is 5.57 Å². The molecular formula is C26H36OSi. The summed E-state index contributed by atoms with van der Waals surface area (Å²) in [5, 5.41) is 0.211. The number of rotatable bonds is 9. The third-order valence-corrected chi connectivity index (χ3v) is 10.3. The summed E-state index contributed by atoms with van der Waals surface area (Å²) in [7, 11) is -1.79. The van der Waals surface area contributed by atoms with Crippen LogP contribution in [0.5, 0.6) is 0 Å². The van der Waals surface area contributed by atoms with Crippen molar-refractivity contribution in [2.75, 3.05) is 6.61 Å². The molecule has 2 aromatic rings. The second kappa shape index (κ2) is 10.0. The molecule has 0 saturated carbocycles. The van der Waals surface area contributed by atoms with E-state index in [4.69, 9.17) is 4.43 Å². The van der Waals surface area contributed by atoms with Gasteiger partial charge in [-0.1, -0.05) is 100 Å². The fraction of sp³-hybridized carbons (Fsp3) is 0.385. The van der Waals surface area contributed by atoms with Crippen LogP contribution < -0.4 is 0 Å². The zero-order valence-corrected chi connectivity index (χ0v) is 19.2. The maximum atomic E-state index is 6.54. The van der Waals surface area contributed by atoms with E-state index in [0.29, 0.717) is 6.61 Å². The Hall–Kier alpha value is -1.90. The van der Waals surface area contributed by atoms with Gasteiger partial charge in [-0.3, -0.25) is 0 Å². The lowest BCUT2D eigenvalue weighted by atomic mass is 9.93. The molecule has 2 rings (SSSR count). The first-order chi connectivity index (χ1) is 13.2. The van der Waals surface area contributed by atoms with Crippen LogP contribution in [0.15, 0.2) is 79.4 Å². The maximum Gasteiger partial charge on any atom is 0.192 e. The Balaban J connectivity index is 2.07. The summed E-state index contributed by atoms with van der Waals surface area (Å²) >= 11 is 0. The van der Waals surface area contributed by atoms with Gasteiger partial charge in [0.05, 0.1) is 0 Å². The summed E-state index contributed by atoms with van der Waals surface area (Å²) in [6.45, 7) is 16.6. The van der Waals surface area contributed by atoms with Crippen LogP contribution in [-0.2, 0) is 10.8 Å². The highest BCUT2D eigenvalue weighted by molar-refractivity contribution is 6.74. The molecule has 0 fully saturated rings. The van der Waals surface area contributed by atoms with Crippen molar-refractivity contribution in [3.63, 3.8) is 0 Å². The summed E-state index contributed by atoms with van der Waals surface area (Å²) < 4.78 is 6.54. The van der Waals surface area contributed by atoms with Gasteiger partial charge in [-0.2, -0.15) is 0 Å². The van der Waals surface area contributed by atoms with Crippen molar-refractivity contribution in [2.45, 2.75) is 51.7 Å². The Bertz CT molecular complexity index is 754. The van der Waals surface area contributed by atoms with Crippen molar-refractivity contribution in [3.8, 4) is 0 Å². The Morgan fingerprint density at radius 2 is 1.57 bits per heavy atom. The van der Waals surface area contributed by atoms with E-state index < -0.39 is 8.32 Å². The number of hydrogen-bond acceptors (Lipinski definition) is 1. The zero-order chi connectivity index (χ0) is 20.6. The fourth-order valence-corrected chi connectivity index (χ4v) is 3.84. The van der Waals surface area contributed by atoms with E-state index >= 15 is 0 Å². The van der Waals surface area contributed by atoms with Crippen molar-refractivity contribution in [1.82, 2.24) is 0 Å². The zero-order valence-electron chi connectivity index (χ0n) is 18.2. The van der Waals surface area contributed by atoms with Gasteiger partial charge in [0.25, 0.3) is 0 Å². The minimum Gasteiger partial charge on any atom is -0.416 e. The Morgan fingerprint density at radius 3 is 2.14 bits per heavy atom. The number of hydrogen-bond donors (Lipinski definition) is 0. The van der Waals surface area contributed by atoms with E-state index in [2.05, 4.69) is 107 Å².